The van der Waals surface area contributed by atoms with Gasteiger partial charge in [-0.05, 0) is 67.6 Å². The molecule has 200 valence electrons. The average molecular weight is 551 g/mol. The number of carbonyl (C=O) groups excluding carboxylic acids is 1. The molecule has 2 saturated heterocycles. The van der Waals surface area contributed by atoms with Crippen LogP contribution in [0.5, 0.6) is 0 Å². The maximum Gasteiger partial charge on any atom is 0.227 e. The zero-order chi connectivity index (χ0) is 26.4. The molecule has 6 heteroatoms. The molecule has 2 fully saturated rings. The molecule has 0 N–H and O–H groups in total. The highest BCUT2D eigenvalue weighted by Gasteiger charge is 2.38. The highest BCUT2D eigenvalue weighted by molar-refractivity contribution is 6.42. The third kappa shape index (κ3) is 6.54. The average Bonchev–Trinajstić information content (AvgIpc) is 2.96. The van der Waals surface area contributed by atoms with Gasteiger partial charge in [-0.25, -0.2) is 0 Å². The van der Waals surface area contributed by atoms with Gasteiger partial charge in [0.25, 0.3) is 0 Å². The number of halogens is 2. The number of benzene rings is 3. The van der Waals surface area contributed by atoms with E-state index in [1.165, 1.54) is 11.3 Å². The Morgan fingerprint density at radius 1 is 0.816 bits per heavy atom. The molecule has 0 saturated carbocycles. The van der Waals surface area contributed by atoms with Crippen molar-refractivity contribution in [2.24, 2.45) is 0 Å². The summed E-state index contributed by atoms with van der Waals surface area (Å²) in [5.74, 6) is 0.206. The van der Waals surface area contributed by atoms with Gasteiger partial charge >= 0.3 is 0 Å². The molecule has 0 bridgehead atoms. The van der Waals surface area contributed by atoms with E-state index in [2.05, 4.69) is 51.1 Å². The fourth-order valence-corrected chi connectivity index (χ4v) is 6.44. The molecule has 4 nitrogen and oxygen atoms in total. The summed E-state index contributed by atoms with van der Waals surface area (Å²) in [6, 6.07) is 26.8. The first-order chi connectivity index (χ1) is 18.5. The summed E-state index contributed by atoms with van der Waals surface area (Å²) < 4.78 is 0. The van der Waals surface area contributed by atoms with Gasteiger partial charge in [0.05, 0.1) is 16.5 Å². The molecule has 5 rings (SSSR count). The zero-order valence-electron chi connectivity index (χ0n) is 22.0. The largest absolute Gasteiger partial charge is 0.369 e. The van der Waals surface area contributed by atoms with Crippen LogP contribution >= 0.6 is 23.2 Å². The van der Waals surface area contributed by atoms with E-state index >= 15 is 0 Å². The van der Waals surface area contributed by atoms with E-state index in [9.17, 15) is 4.79 Å². The standard InChI is InChI=1S/C32H37Cl2N3O/c33-29-14-13-27(24-30(29)34)32(16-8-18-37(25-32)31(38)23-26-9-3-1-4-10-26)15-7-17-35-19-21-36(22-20-35)28-11-5-2-6-12-28/h1-6,9-14,24H,7-8,15-23,25H2. The lowest BCUT2D eigenvalue weighted by molar-refractivity contribution is -0.132. The Morgan fingerprint density at radius 2 is 1.53 bits per heavy atom. The van der Waals surface area contributed by atoms with E-state index in [1.807, 2.05) is 42.5 Å². The Labute approximate surface area is 237 Å². The van der Waals surface area contributed by atoms with E-state index in [0.717, 1.165) is 77.1 Å². The van der Waals surface area contributed by atoms with E-state index in [-0.39, 0.29) is 11.3 Å². The van der Waals surface area contributed by atoms with Crippen LogP contribution in [0.1, 0.15) is 36.8 Å². The summed E-state index contributed by atoms with van der Waals surface area (Å²) in [5.41, 5.74) is 3.48. The van der Waals surface area contributed by atoms with Crippen molar-refractivity contribution in [3.63, 3.8) is 0 Å². The molecule has 3 aromatic rings. The lowest BCUT2D eigenvalue weighted by Crippen LogP contribution is -2.50. The van der Waals surface area contributed by atoms with Crippen molar-refractivity contribution in [3.8, 4) is 0 Å². The highest BCUT2D eigenvalue weighted by atomic mass is 35.5. The van der Waals surface area contributed by atoms with Crippen molar-refractivity contribution < 1.29 is 4.79 Å². The molecular weight excluding hydrogens is 513 g/mol. The third-order valence-corrected chi connectivity index (χ3v) is 9.02. The predicted octanol–water partition coefficient (Wildman–Crippen LogP) is 6.70. The number of piperazine rings is 1. The van der Waals surface area contributed by atoms with E-state index < -0.39 is 0 Å². The van der Waals surface area contributed by atoms with Gasteiger partial charge in [0, 0.05) is 50.4 Å². The lowest BCUT2D eigenvalue weighted by Gasteiger charge is -2.44. The Kier molecular flexibility index (Phi) is 8.93. The first-order valence-electron chi connectivity index (χ1n) is 13.8. The highest BCUT2D eigenvalue weighted by Crippen LogP contribution is 2.40. The third-order valence-electron chi connectivity index (χ3n) is 8.28. The molecule has 0 aromatic heterocycles. The summed E-state index contributed by atoms with van der Waals surface area (Å²) in [7, 11) is 0. The van der Waals surface area contributed by atoms with Gasteiger partial charge in [-0.15, -0.1) is 0 Å². The summed E-state index contributed by atoms with van der Waals surface area (Å²) in [5, 5.41) is 1.17. The summed E-state index contributed by atoms with van der Waals surface area (Å²) in [6.07, 6.45) is 4.62. The predicted molar refractivity (Wildman–Crippen MR) is 158 cm³/mol. The van der Waals surface area contributed by atoms with Crippen molar-refractivity contribution in [2.75, 3.05) is 50.7 Å². The quantitative estimate of drug-likeness (QED) is 0.312. The lowest BCUT2D eigenvalue weighted by atomic mass is 9.71. The molecule has 3 aromatic carbocycles. The van der Waals surface area contributed by atoms with E-state index in [1.54, 1.807) is 0 Å². The number of rotatable bonds is 8. The van der Waals surface area contributed by atoms with Gasteiger partial charge in [-0.1, -0.05) is 77.8 Å². The monoisotopic (exact) mass is 549 g/mol. The second-order valence-corrected chi connectivity index (χ2v) is 11.6. The molecular formula is C32H37Cl2N3O. The number of amides is 1. The SMILES string of the molecule is O=C(Cc1ccccc1)N1CCCC(CCCN2CCN(c3ccccc3)CC2)(c2ccc(Cl)c(Cl)c2)C1. The molecule has 0 spiro atoms. The maximum absolute atomic E-state index is 13.3. The molecule has 1 atom stereocenters. The topological polar surface area (TPSA) is 26.8 Å². The first kappa shape index (κ1) is 27.1. The van der Waals surface area contributed by atoms with Crippen LogP contribution in [0.25, 0.3) is 0 Å². The van der Waals surface area contributed by atoms with Gasteiger partial charge in [-0.3, -0.25) is 9.69 Å². The first-order valence-corrected chi connectivity index (χ1v) is 14.6. The molecule has 0 aliphatic carbocycles. The number of para-hydroxylation sites is 1. The second-order valence-electron chi connectivity index (χ2n) is 10.8. The fourth-order valence-electron chi connectivity index (χ4n) is 6.15. The smallest absolute Gasteiger partial charge is 0.227 e. The van der Waals surface area contributed by atoms with Gasteiger partial charge < -0.3 is 9.80 Å². The molecule has 1 unspecified atom stereocenters. The number of carbonyl (C=O) groups is 1. The molecule has 0 radical (unpaired) electrons. The van der Waals surface area contributed by atoms with Crippen LogP contribution < -0.4 is 4.90 Å². The second kappa shape index (κ2) is 12.5. The minimum absolute atomic E-state index is 0.106. The van der Waals surface area contributed by atoms with Crippen molar-refractivity contribution in [1.82, 2.24) is 9.80 Å². The van der Waals surface area contributed by atoms with Crippen molar-refractivity contribution >= 4 is 34.8 Å². The van der Waals surface area contributed by atoms with Gasteiger partial charge in [0.2, 0.25) is 5.91 Å². The van der Waals surface area contributed by atoms with Crippen LogP contribution in [0.3, 0.4) is 0 Å². The van der Waals surface area contributed by atoms with E-state index in [4.69, 9.17) is 23.2 Å². The molecule has 2 aliphatic heterocycles. The van der Waals surface area contributed by atoms with Gasteiger partial charge in [0.1, 0.15) is 0 Å². The van der Waals surface area contributed by atoms with Crippen LogP contribution in [-0.2, 0) is 16.6 Å². The molecule has 1 amide bonds. The van der Waals surface area contributed by atoms with Crippen LogP contribution in [-0.4, -0.2) is 61.5 Å². The minimum atomic E-state index is -0.106. The number of hydrogen-bond donors (Lipinski definition) is 0. The van der Waals surface area contributed by atoms with Crippen molar-refractivity contribution in [2.45, 2.75) is 37.5 Å². The van der Waals surface area contributed by atoms with Crippen LogP contribution in [0, 0.1) is 0 Å². The number of hydrogen-bond acceptors (Lipinski definition) is 3. The number of piperidine rings is 1. The van der Waals surface area contributed by atoms with Crippen molar-refractivity contribution in [1.29, 1.82) is 0 Å². The van der Waals surface area contributed by atoms with Crippen LogP contribution in [0.2, 0.25) is 10.0 Å². The van der Waals surface area contributed by atoms with Crippen LogP contribution in [0.15, 0.2) is 78.9 Å². The van der Waals surface area contributed by atoms with E-state index in [0.29, 0.717) is 16.5 Å². The molecule has 38 heavy (non-hydrogen) atoms. The van der Waals surface area contributed by atoms with Crippen LogP contribution in [0.4, 0.5) is 5.69 Å². The normalized spacial score (nSPS) is 20.5. The van der Waals surface area contributed by atoms with Gasteiger partial charge in [0.15, 0.2) is 0 Å². The number of nitrogens with zero attached hydrogens (tertiary/aromatic N) is 3. The number of likely N-dealkylation sites (tertiary alicyclic amines) is 1. The Hall–Kier alpha value is -2.53. The minimum Gasteiger partial charge on any atom is -0.369 e. The fraction of sp³-hybridized carbons (Fsp3) is 0.406. The number of anilines is 1. The molecule has 2 heterocycles. The zero-order valence-corrected chi connectivity index (χ0v) is 23.5. The van der Waals surface area contributed by atoms with Gasteiger partial charge in [-0.2, -0.15) is 0 Å². The Balaban J connectivity index is 1.24. The molecule has 2 aliphatic rings. The van der Waals surface area contributed by atoms with Crippen molar-refractivity contribution in [3.05, 3.63) is 100 Å². The Bertz CT molecular complexity index is 1200. The Morgan fingerprint density at radius 3 is 2.24 bits per heavy atom. The summed E-state index contributed by atoms with van der Waals surface area (Å²) >= 11 is 12.8. The maximum atomic E-state index is 13.3. The summed E-state index contributed by atoms with van der Waals surface area (Å²) in [4.78, 5) is 20.5. The summed E-state index contributed by atoms with van der Waals surface area (Å²) in [6.45, 7) is 6.90.